The van der Waals surface area contributed by atoms with Crippen molar-refractivity contribution in [2.24, 2.45) is 17.8 Å². The van der Waals surface area contributed by atoms with Crippen molar-refractivity contribution in [3.05, 3.63) is 112 Å². The molecule has 1 unspecified atom stereocenters. The quantitative estimate of drug-likeness (QED) is 0.200. The number of likely N-dealkylation sites (N-methyl/N-ethyl adjacent to an activating group) is 1. The SMILES string of the molecule is CO[C@H]1/C=C/O[C@@]2(C)Oc3c(C)c(O)c4c(c3C2=O)C2Nc3ccc(OCCN(C)c5ccccn5)cc3OC2=C(NC(=O)/C(C)=C\C=C\[C@H](C)[C@@H]2O[C@H]([C@H](O)[C@@H]2C)[C@H](OC(C)=O)[C@@H]1C)C4=O. The molecule has 3 aromatic rings. The minimum atomic E-state index is -2.01. The van der Waals surface area contributed by atoms with E-state index in [1.165, 1.54) is 40.2 Å². The van der Waals surface area contributed by atoms with E-state index in [2.05, 4.69) is 15.6 Å². The maximum atomic E-state index is 14.8. The number of hydrogen-bond donors (Lipinski definition) is 4. The highest BCUT2D eigenvalue weighted by Crippen LogP contribution is 2.54. The molecule has 1 aromatic heterocycles. The zero-order chi connectivity index (χ0) is 48.1. The first kappa shape index (κ1) is 46.8. The Morgan fingerprint density at radius 2 is 1.81 bits per heavy atom. The Kier molecular flexibility index (Phi) is 13.0. The van der Waals surface area contributed by atoms with Crippen LogP contribution in [0.25, 0.3) is 0 Å². The van der Waals surface area contributed by atoms with Crippen LogP contribution < -0.4 is 29.7 Å². The van der Waals surface area contributed by atoms with Crippen molar-refractivity contribution in [1.82, 2.24) is 10.3 Å². The summed E-state index contributed by atoms with van der Waals surface area (Å²) in [7, 11) is 3.37. The topological polar surface area (TPSA) is 214 Å². The van der Waals surface area contributed by atoms with Crippen LogP contribution in [0.5, 0.6) is 23.0 Å². The first-order valence-electron chi connectivity index (χ1n) is 22.2. The predicted molar refractivity (Wildman–Crippen MR) is 244 cm³/mol. The second kappa shape index (κ2) is 18.5. The summed E-state index contributed by atoms with van der Waals surface area (Å²) >= 11 is 0. The van der Waals surface area contributed by atoms with E-state index in [1.54, 1.807) is 50.4 Å². The number of carbonyl (C=O) groups excluding carboxylic acids is 4. The third-order valence-electron chi connectivity index (χ3n) is 13.2. The van der Waals surface area contributed by atoms with Gasteiger partial charge >= 0.3 is 11.8 Å². The molecule has 67 heavy (non-hydrogen) atoms. The standard InChI is InChI=1S/C50H56N4O13/c1-24-13-12-14-25(2)49(60)53-39-42(58)36-35(38-46(39)65-33-23-30(16-17-31(33)52-38)62-22-20-54(8)34-15-10-11-19-51-34)37-44(27(4)40(36)56)67-50(7,48(37)59)63-21-18-32(61-9)26(3)45(64-29(6)55)47-41(57)28(5)43(24)66-47/h10-19,21,23-24,26,28,32,38,41,43,45,47,52,56-57H,20,22H2,1-9H3,(H,53,60)/b13-12+,21-18+,25-14-/t24-,26+,28-,32-,38?,41+,43-,45+,47+,50-/m0/s1. The lowest BCUT2D eigenvalue weighted by Crippen LogP contribution is -2.46. The van der Waals surface area contributed by atoms with Gasteiger partial charge in [-0.25, -0.2) is 4.98 Å². The molecule has 1 amide bonds. The molecule has 17 heteroatoms. The fourth-order valence-corrected chi connectivity index (χ4v) is 9.31. The predicted octanol–water partition coefficient (Wildman–Crippen LogP) is 6.00. The second-order valence-corrected chi connectivity index (χ2v) is 17.7. The number of phenols is 1. The summed E-state index contributed by atoms with van der Waals surface area (Å²) < 4.78 is 43.2. The number of rotatable bonds is 7. The molecular formula is C50H56N4O13. The first-order chi connectivity index (χ1) is 31.9. The molecule has 1 saturated heterocycles. The lowest BCUT2D eigenvalue weighted by Gasteiger charge is -2.36. The van der Waals surface area contributed by atoms with Gasteiger partial charge in [-0.3, -0.25) is 19.2 Å². The lowest BCUT2D eigenvalue weighted by atomic mass is 9.80. The van der Waals surface area contributed by atoms with Crippen LogP contribution in [0.1, 0.15) is 79.4 Å². The first-order valence-corrected chi connectivity index (χ1v) is 22.2. The number of anilines is 2. The molecule has 7 bridgehead atoms. The number of carbonyl (C=O) groups is 4. The van der Waals surface area contributed by atoms with Gasteiger partial charge in [-0.05, 0) is 44.2 Å². The summed E-state index contributed by atoms with van der Waals surface area (Å²) in [6, 6.07) is 9.67. The van der Waals surface area contributed by atoms with Crippen LogP contribution >= 0.6 is 0 Å². The summed E-state index contributed by atoms with van der Waals surface area (Å²) in [4.78, 5) is 62.5. The molecule has 4 N–H and O–H groups in total. The van der Waals surface area contributed by atoms with E-state index < -0.39 is 77.5 Å². The van der Waals surface area contributed by atoms with E-state index in [0.29, 0.717) is 24.6 Å². The molecular weight excluding hydrogens is 865 g/mol. The van der Waals surface area contributed by atoms with Crippen LogP contribution in [0.2, 0.25) is 0 Å². The van der Waals surface area contributed by atoms with Crippen molar-refractivity contribution in [2.75, 3.05) is 37.5 Å². The van der Waals surface area contributed by atoms with E-state index in [9.17, 15) is 29.4 Å². The van der Waals surface area contributed by atoms with Gasteiger partial charge in [-0.1, -0.05) is 45.1 Å². The highest BCUT2D eigenvalue weighted by atomic mass is 16.7. The number of phenolic OH excluding ortho intramolecular Hbond substituents is 1. The van der Waals surface area contributed by atoms with Gasteiger partial charge in [0, 0.05) is 74.7 Å². The average Bonchev–Trinajstić information content (AvgIpc) is 3.75. The molecule has 5 aliphatic heterocycles. The number of nitrogens with one attached hydrogen (secondary N) is 2. The Morgan fingerprint density at radius 3 is 2.52 bits per heavy atom. The molecule has 2 aromatic carbocycles. The number of ether oxygens (including phenoxy) is 7. The number of Topliss-reactive ketones (excluding diaryl/α,β-unsaturated/α-hetero) is 2. The second-order valence-electron chi connectivity index (χ2n) is 17.7. The number of pyridine rings is 1. The number of amides is 1. The Morgan fingerprint density at radius 1 is 1.03 bits per heavy atom. The van der Waals surface area contributed by atoms with E-state index in [-0.39, 0.29) is 62.6 Å². The number of aliphatic hydroxyl groups is 1. The van der Waals surface area contributed by atoms with Gasteiger partial charge in [0.25, 0.3) is 11.7 Å². The van der Waals surface area contributed by atoms with Gasteiger partial charge in [0.05, 0.1) is 47.9 Å². The number of nitrogens with zero attached hydrogens (tertiary/aromatic N) is 2. The van der Waals surface area contributed by atoms with Crippen LogP contribution in [0, 0.1) is 24.7 Å². The fourth-order valence-electron chi connectivity index (χ4n) is 9.31. The molecule has 9 rings (SSSR count). The molecule has 0 spiro atoms. The smallest absolute Gasteiger partial charge is 0.312 e. The Hall–Kier alpha value is -6.69. The summed E-state index contributed by atoms with van der Waals surface area (Å²) in [6.45, 7) is 12.1. The number of aromatic hydroxyl groups is 1. The number of hydrogen-bond acceptors (Lipinski definition) is 16. The average molecular weight is 921 g/mol. The van der Waals surface area contributed by atoms with Crippen LogP contribution in [-0.4, -0.2) is 102 Å². The number of benzene rings is 2. The highest BCUT2D eigenvalue weighted by Gasteiger charge is 2.54. The molecule has 1 aliphatic carbocycles. The molecule has 17 nitrogen and oxygen atoms in total. The Bertz CT molecular complexity index is 2610. The molecule has 6 aliphatic rings. The molecule has 1 fully saturated rings. The number of aliphatic hydroxyl groups excluding tert-OH is 1. The summed E-state index contributed by atoms with van der Waals surface area (Å²) in [5, 5.41) is 29.5. The Labute approximate surface area is 388 Å². The molecule has 0 saturated carbocycles. The maximum absolute atomic E-state index is 14.8. The van der Waals surface area contributed by atoms with Crippen LogP contribution in [0.15, 0.2) is 90.2 Å². The van der Waals surface area contributed by atoms with Gasteiger partial charge in [0.15, 0.2) is 11.5 Å². The van der Waals surface area contributed by atoms with Gasteiger partial charge in [0.2, 0.25) is 5.78 Å². The van der Waals surface area contributed by atoms with Crippen molar-refractivity contribution < 1.29 is 62.5 Å². The van der Waals surface area contributed by atoms with E-state index >= 15 is 0 Å². The minimum Gasteiger partial charge on any atom is -0.507 e. The maximum Gasteiger partial charge on any atom is 0.312 e. The van der Waals surface area contributed by atoms with E-state index in [4.69, 9.17) is 33.2 Å². The van der Waals surface area contributed by atoms with Crippen LogP contribution in [-0.2, 0) is 28.5 Å². The van der Waals surface area contributed by atoms with Crippen LogP contribution in [0.4, 0.5) is 11.5 Å². The summed E-state index contributed by atoms with van der Waals surface area (Å²) in [5.74, 6) is -4.98. The van der Waals surface area contributed by atoms with Gasteiger partial charge < -0.3 is 58.9 Å². The number of aromatic nitrogens is 1. The van der Waals surface area contributed by atoms with Crippen molar-refractivity contribution in [2.45, 2.75) is 90.8 Å². The Balaban J connectivity index is 1.20. The zero-order valence-corrected chi connectivity index (χ0v) is 38.8. The number of fused-ring (bicyclic) bond motifs is 9. The third kappa shape index (κ3) is 8.62. The molecule has 10 atom stereocenters. The van der Waals surface area contributed by atoms with Crippen LogP contribution in [0.3, 0.4) is 0 Å². The summed E-state index contributed by atoms with van der Waals surface area (Å²) in [5.41, 5.74) is 0.331. The largest absolute Gasteiger partial charge is 0.507 e. The van der Waals surface area contributed by atoms with Crippen molar-refractivity contribution in [1.29, 1.82) is 0 Å². The van der Waals surface area contributed by atoms with Gasteiger partial charge in [-0.15, -0.1) is 0 Å². The normalized spacial score (nSPS) is 30.6. The summed E-state index contributed by atoms with van der Waals surface area (Å²) in [6.07, 6.45) is 5.37. The van der Waals surface area contributed by atoms with Crippen molar-refractivity contribution in [3.63, 3.8) is 0 Å². The van der Waals surface area contributed by atoms with Crippen molar-refractivity contribution >= 4 is 34.9 Å². The fraction of sp³-hybridized carbons (Fsp3) is 0.420. The minimum absolute atomic E-state index is 0.0133. The van der Waals surface area contributed by atoms with Gasteiger partial charge in [0.1, 0.15) is 53.6 Å². The third-order valence-corrected chi connectivity index (χ3v) is 13.2. The number of ketones is 2. The monoisotopic (exact) mass is 920 g/mol. The van der Waals surface area contributed by atoms with E-state index in [1.807, 2.05) is 50.1 Å². The molecule has 0 radical (unpaired) electrons. The number of esters is 1. The lowest BCUT2D eigenvalue weighted by molar-refractivity contribution is -0.168. The molecule has 354 valence electrons. The van der Waals surface area contributed by atoms with Crippen molar-refractivity contribution in [3.8, 4) is 23.0 Å². The zero-order valence-electron chi connectivity index (χ0n) is 38.8. The number of allylic oxidation sites excluding steroid dienone is 3. The number of methoxy groups -OCH3 is 1. The van der Waals surface area contributed by atoms with Gasteiger partial charge in [-0.2, -0.15) is 0 Å². The van der Waals surface area contributed by atoms with E-state index in [0.717, 1.165) is 5.82 Å². The molecule has 6 heterocycles. The highest BCUT2D eigenvalue weighted by molar-refractivity contribution is 6.19.